The molecule has 0 bridgehead atoms. The van der Waals surface area contributed by atoms with Gasteiger partial charge in [-0.3, -0.25) is 0 Å². The molecule has 1 aromatic rings. The minimum absolute atomic E-state index is 1.16. The standard InChI is InChI=1S/C7H4N2/c1-2-8-6-4(1)3-5-7(6)9-5/h1-3,8H. The number of pyridine rings is 1. The molecule has 1 N–H and O–H groups in total. The van der Waals surface area contributed by atoms with Gasteiger partial charge in [0.2, 0.25) is 0 Å². The summed E-state index contributed by atoms with van der Waals surface area (Å²) >= 11 is 0. The molecule has 1 aliphatic heterocycles. The van der Waals surface area contributed by atoms with Crippen molar-refractivity contribution in [3.05, 3.63) is 18.3 Å². The fraction of sp³-hybridized carbons (Fsp3) is 0. The Morgan fingerprint density at radius 1 is 1.44 bits per heavy atom. The maximum absolute atomic E-state index is 4.12. The Kier molecular flexibility index (Phi) is 0.358. The maximum atomic E-state index is 4.12. The number of nitrogens with one attached hydrogen (secondary N) is 1. The fourth-order valence-corrected chi connectivity index (χ4v) is 1.23. The lowest BCUT2D eigenvalue weighted by Gasteiger charge is -1.69. The van der Waals surface area contributed by atoms with Crippen LogP contribution in [0.4, 0.5) is 0 Å². The summed E-state index contributed by atoms with van der Waals surface area (Å²) in [4.78, 5) is 7.25. The van der Waals surface area contributed by atoms with Crippen LogP contribution in [0.2, 0.25) is 0 Å². The van der Waals surface area contributed by atoms with Gasteiger partial charge in [-0.1, -0.05) is 0 Å². The average Bonchev–Trinajstić information content (AvgIpc) is 2.38. The Bertz CT molecular complexity index is 387. The van der Waals surface area contributed by atoms with Crippen LogP contribution in [-0.2, 0) is 0 Å². The van der Waals surface area contributed by atoms with Crippen molar-refractivity contribution >= 4 is 10.9 Å². The van der Waals surface area contributed by atoms with Gasteiger partial charge in [-0.25, -0.2) is 4.98 Å². The van der Waals surface area contributed by atoms with E-state index < -0.39 is 0 Å². The van der Waals surface area contributed by atoms with E-state index in [0.717, 1.165) is 11.4 Å². The zero-order valence-electron chi connectivity index (χ0n) is 4.68. The van der Waals surface area contributed by atoms with Crippen molar-refractivity contribution in [1.82, 2.24) is 9.97 Å². The van der Waals surface area contributed by atoms with E-state index >= 15 is 0 Å². The lowest BCUT2D eigenvalue weighted by Crippen LogP contribution is -1.53. The molecule has 42 valence electrons. The van der Waals surface area contributed by atoms with E-state index in [0.29, 0.717) is 0 Å². The van der Waals surface area contributed by atoms with E-state index in [1.54, 1.807) is 0 Å². The fourth-order valence-electron chi connectivity index (χ4n) is 1.23. The SMILES string of the molecule is c1cc2cc3nc-3c2[nH]1. The van der Waals surface area contributed by atoms with Gasteiger partial charge < -0.3 is 4.98 Å². The van der Waals surface area contributed by atoms with Crippen LogP contribution >= 0.6 is 0 Å². The Morgan fingerprint density at radius 3 is 3.33 bits per heavy atom. The molecule has 2 aliphatic rings. The van der Waals surface area contributed by atoms with Crippen LogP contribution in [0.5, 0.6) is 0 Å². The van der Waals surface area contributed by atoms with Crippen LogP contribution in [0.1, 0.15) is 0 Å². The first-order valence-electron chi connectivity index (χ1n) is 2.94. The molecule has 0 saturated carbocycles. The number of hydrogen-bond acceptors (Lipinski definition) is 1. The molecule has 2 heterocycles. The monoisotopic (exact) mass is 116 g/mol. The molecule has 0 unspecified atom stereocenters. The number of H-pyrrole nitrogens is 1. The maximum Gasteiger partial charge on any atom is 0.113 e. The molecule has 0 atom stereocenters. The van der Waals surface area contributed by atoms with Gasteiger partial charge in [-0.05, 0) is 12.1 Å². The molecule has 1 aromatic heterocycles. The number of rotatable bonds is 0. The van der Waals surface area contributed by atoms with Gasteiger partial charge in [-0.2, -0.15) is 0 Å². The van der Waals surface area contributed by atoms with E-state index in [-0.39, 0.29) is 0 Å². The van der Waals surface area contributed by atoms with Crippen LogP contribution in [0.15, 0.2) is 18.3 Å². The van der Waals surface area contributed by atoms with Gasteiger partial charge in [0.25, 0.3) is 0 Å². The van der Waals surface area contributed by atoms with Crippen molar-refractivity contribution in [2.75, 3.05) is 0 Å². The van der Waals surface area contributed by atoms with Crippen LogP contribution in [-0.4, -0.2) is 9.97 Å². The van der Waals surface area contributed by atoms with Crippen LogP contribution < -0.4 is 0 Å². The zero-order chi connectivity index (χ0) is 5.84. The zero-order valence-corrected chi connectivity index (χ0v) is 4.68. The van der Waals surface area contributed by atoms with Gasteiger partial charge in [0, 0.05) is 11.6 Å². The molecule has 1 aliphatic carbocycles. The predicted octanol–water partition coefficient (Wildman–Crippen LogP) is 1.54. The first-order valence-corrected chi connectivity index (χ1v) is 2.94. The van der Waals surface area contributed by atoms with E-state index in [1.807, 2.05) is 6.20 Å². The van der Waals surface area contributed by atoms with Gasteiger partial charge in [0.15, 0.2) is 0 Å². The second kappa shape index (κ2) is 0.880. The summed E-state index contributed by atoms with van der Waals surface area (Å²) in [7, 11) is 0. The lowest BCUT2D eigenvalue weighted by molar-refractivity contribution is 1.48. The minimum Gasteiger partial charge on any atom is -0.359 e. The first kappa shape index (κ1) is 3.67. The summed E-state index contributed by atoms with van der Waals surface area (Å²) in [6.07, 6.45) is 1.94. The van der Waals surface area contributed by atoms with E-state index in [2.05, 4.69) is 22.1 Å². The van der Waals surface area contributed by atoms with Gasteiger partial charge in [0.05, 0.1) is 11.2 Å². The normalized spacial score (nSPS) is 12.4. The van der Waals surface area contributed by atoms with Crippen LogP contribution in [0, 0.1) is 0 Å². The highest BCUT2D eigenvalue weighted by molar-refractivity contribution is 6.01. The molecule has 0 spiro atoms. The molecule has 2 nitrogen and oxygen atoms in total. The molecule has 0 aromatic carbocycles. The summed E-state index contributed by atoms with van der Waals surface area (Å²) in [5, 5.41) is 1.29. The van der Waals surface area contributed by atoms with Gasteiger partial charge in [-0.15, -0.1) is 0 Å². The third-order valence-corrected chi connectivity index (χ3v) is 1.73. The third-order valence-electron chi connectivity index (χ3n) is 1.73. The van der Waals surface area contributed by atoms with Crippen LogP contribution in [0.3, 0.4) is 0 Å². The molecule has 0 amide bonds. The molecule has 0 fully saturated rings. The summed E-state index contributed by atoms with van der Waals surface area (Å²) in [6.45, 7) is 0. The highest BCUT2D eigenvalue weighted by atomic mass is 14.9. The summed E-state index contributed by atoms with van der Waals surface area (Å²) in [5.41, 5.74) is 3.52. The summed E-state index contributed by atoms with van der Waals surface area (Å²) < 4.78 is 0. The van der Waals surface area contributed by atoms with Crippen molar-refractivity contribution in [2.24, 2.45) is 0 Å². The third kappa shape index (κ3) is 0.286. The molecule has 0 saturated heterocycles. The first-order chi connectivity index (χ1) is 4.45. The number of aromatic amines is 1. The van der Waals surface area contributed by atoms with Crippen molar-refractivity contribution in [3.8, 4) is 11.4 Å². The molecule has 2 heteroatoms. The molecule has 3 rings (SSSR count). The summed E-state index contributed by atoms with van der Waals surface area (Å²) in [5.74, 6) is 0. The highest BCUT2D eigenvalue weighted by Crippen LogP contribution is 2.36. The molecule has 9 heavy (non-hydrogen) atoms. The largest absolute Gasteiger partial charge is 0.359 e. The Labute approximate surface area is 51.5 Å². The minimum atomic E-state index is 1.16. The second-order valence-corrected chi connectivity index (χ2v) is 2.30. The van der Waals surface area contributed by atoms with Gasteiger partial charge >= 0.3 is 0 Å². The van der Waals surface area contributed by atoms with E-state index in [4.69, 9.17) is 0 Å². The van der Waals surface area contributed by atoms with Crippen molar-refractivity contribution in [3.63, 3.8) is 0 Å². The second-order valence-electron chi connectivity index (χ2n) is 2.30. The predicted molar refractivity (Wildman–Crippen MR) is 35.1 cm³/mol. The molecular weight excluding hydrogens is 112 g/mol. The van der Waals surface area contributed by atoms with Gasteiger partial charge in [0.1, 0.15) is 5.69 Å². The smallest absolute Gasteiger partial charge is 0.113 e. The van der Waals surface area contributed by atoms with E-state index in [9.17, 15) is 0 Å². The molecule has 0 radical (unpaired) electrons. The lowest BCUT2D eigenvalue weighted by atomic mass is 10.4. The molecular formula is C7H4N2. The van der Waals surface area contributed by atoms with E-state index in [1.165, 1.54) is 10.9 Å². The van der Waals surface area contributed by atoms with Crippen molar-refractivity contribution < 1.29 is 0 Å². The Balaban J connectivity index is 2.74. The van der Waals surface area contributed by atoms with Crippen molar-refractivity contribution in [2.45, 2.75) is 0 Å². The quantitative estimate of drug-likeness (QED) is 0.474. The number of aromatic nitrogens is 2. The number of fused-ring (bicyclic) bond motifs is 3. The average molecular weight is 116 g/mol. The van der Waals surface area contributed by atoms with Crippen LogP contribution in [0.25, 0.3) is 22.3 Å². The number of hydrogen-bond donors (Lipinski definition) is 1. The topological polar surface area (TPSA) is 28.7 Å². The summed E-state index contributed by atoms with van der Waals surface area (Å²) in [6, 6.07) is 4.16. The number of nitrogens with zero attached hydrogens (tertiary/aromatic N) is 1. The Hall–Kier alpha value is -1.31. The Morgan fingerprint density at radius 2 is 2.44 bits per heavy atom. The van der Waals surface area contributed by atoms with Crippen molar-refractivity contribution in [1.29, 1.82) is 0 Å². The highest BCUT2D eigenvalue weighted by Gasteiger charge is 2.20.